The number of urea groups is 1. The van der Waals surface area contributed by atoms with Crippen molar-refractivity contribution in [3.63, 3.8) is 0 Å². The molecule has 0 radical (unpaired) electrons. The molecule has 0 unspecified atom stereocenters. The van der Waals surface area contributed by atoms with Crippen molar-refractivity contribution in [1.82, 2.24) is 9.80 Å². The van der Waals surface area contributed by atoms with Gasteiger partial charge in [0.25, 0.3) is 5.91 Å². The molecule has 0 aromatic heterocycles. The van der Waals surface area contributed by atoms with Crippen LogP contribution < -0.4 is 4.90 Å². The average molecular weight is 422 g/mol. The summed E-state index contributed by atoms with van der Waals surface area (Å²) in [7, 11) is -3.15. The number of hydrogen-bond donors (Lipinski definition) is 0. The van der Waals surface area contributed by atoms with Gasteiger partial charge in [-0.1, -0.05) is 24.6 Å². The van der Waals surface area contributed by atoms with Crippen LogP contribution in [0.5, 0.6) is 0 Å². The second kappa shape index (κ2) is 8.14. The number of hydrogen-bond acceptors (Lipinski definition) is 5. The molecule has 4 amide bonds. The van der Waals surface area contributed by atoms with Crippen LogP contribution in [-0.4, -0.2) is 72.7 Å². The molecule has 0 saturated carbocycles. The number of carbonyl (C=O) groups is 3. The maximum atomic E-state index is 12.9. The molecular formula is C20H27N3O5S. The van der Waals surface area contributed by atoms with Crippen LogP contribution in [0, 0.1) is 6.92 Å². The van der Waals surface area contributed by atoms with Gasteiger partial charge in [-0.2, -0.15) is 0 Å². The smallest absolute Gasteiger partial charge is 0.332 e. The Morgan fingerprint density at radius 2 is 1.86 bits per heavy atom. The summed E-state index contributed by atoms with van der Waals surface area (Å²) < 4.78 is 23.6. The van der Waals surface area contributed by atoms with Crippen molar-refractivity contribution in [3.05, 3.63) is 29.8 Å². The standard InChI is InChI=1S/C20H27N3O5S/c1-4-10-21(17-9-11-29(27,28)13-17)18(24)12-22-19(25)15(3)23(20(22)26)16-7-5-14(2)6-8-16/h5-8,15,17H,4,9-13H2,1-3H3/t15-,17-/m0/s1. The van der Waals surface area contributed by atoms with Gasteiger partial charge in [-0.15, -0.1) is 0 Å². The van der Waals surface area contributed by atoms with Crippen molar-refractivity contribution < 1.29 is 22.8 Å². The van der Waals surface area contributed by atoms with E-state index in [-0.39, 0.29) is 18.1 Å². The third-order valence-electron chi connectivity index (χ3n) is 5.49. The van der Waals surface area contributed by atoms with Crippen molar-refractivity contribution in [2.75, 3.05) is 29.5 Å². The van der Waals surface area contributed by atoms with E-state index in [2.05, 4.69) is 0 Å². The number of aryl methyl sites for hydroxylation is 1. The van der Waals surface area contributed by atoms with Gasteiger partial charge >= 0.3 is 6.03 Å². The van der Waals surface area contributed by atoms with Gasteiger partial charge in [0.15, 0.2) is 9.84 Å². The van der Waals surface area contributed by atoms with Gasteiger partial charge < -0.3 is 4.90 Å². The molecule has 0 spiro atoms. The van der Waals surface area contributed by atoms with Crippen molar-refractivity contribution in [1.29, 1.82) is 0 Å². The molecule has 9 heteroatoms. The molecule has 2 heterocycles. The predicted octanol–water partition coefficient (Wildman–Crippen LogP) is 1.58. The summed E-state index contributed by atoms with van der Waals surface area (Å²) in [5, 5.41) is 0. The molecule has 0 N–H and O–H groups in total. The zero-order chi connectivity index (χ0) is 21.3. The van der Waals surface area contributed by atoms with Crippen LogP contribution in [0.1, 0.15) is 32.3 Å². The molecule has 1 aromatic rings. The number of rotatable bonds is 6. The lowest BCUT2D eigenvalue weighted by Crippen LogP contribution is -2.48. The molecule has 158 valence electrons. The molecule has 2 fully saturated rings. The van der Waals surface area contributed by atoms with Crippen LogP contribution in [0.4, 0.5) is 10.5 Å². The molecule has 0 bridgehead atoms. The summed E-state index contributed by atoms with van der Waals surface area (Å²) in [4.78, 5) is 42.4. The quantitative estimate of drug-likeness (QED) is 0.650. The van der Waals surface area contributed by atoms with Crippen molar-refractivity contribution >= 4 is 33.4 Å². The van der Waals surface area contributed by atoms with Crippen LogP contribution in [0.25, 0.3) is 0 Å². The zero-order valence-corrected chi connectivity index (χ0v) is 17.8. The van der Waals surface area contributed by atoms with E-state index in [4.69, 9.17) is 0 Å². The Labute approximate surface area is 171 Å². The Kier molecular flexibility index (Phi) is 5.97. The summed E-state index contributed by atoms with van der Waals surface area (Å²) in [6, 6.07) is 5.63. The number of sulfone groups is 1. The number of amides is 4. The molecule has 2 aliphatic rings. The van der Waals surface area contributed by atoms with Crippen LogP contribution in [0.2, 0.25) is 0 Å². The van der Waals surface area contributed by atoms with E-state index in [1.165, 1.54) is 9.80 Å². The SMILES string of the molecule is CCCN(C(=O)CN1C(=O)[C@H](C)N(c2ccc(C)cc2)C1=O)[C@H]1CCS(=O)(=O)C1. The Morgan fingerprint density at radius 1 is 1.21 bits per heavy atom. The molecule has 2 atom stereocenters. The fourth-order valence-electron chi connectivity index (χ4n) is 3.91. The molecule has 2 aliphatic heterocycles. The van der Waals surface area contributed by atoms with Gasteiger partial charge in [-0.05, 0) is 38.8 Å². The van der Waals surface area contributed by atoms with Gasteiger partial charge in [0.2, 0.25) is 5.91 Å². The van der Waals surface area contributed by atoms with Gasteiger partial charge in [0.1, 0.15) is 12.6 Å². The molecule has 2 saturated heterocycles. The second-order valence-electron chi connectivity index (χ2n) is 7.73. The largest absolute Gasteiger partial charge is 0.337 e. The average Bonchev–Trinajstić information content (AvgIpc) is 3.12. The molecule has 0 aliphatic carbocycles. The van der Waals surface area contributed by atoms with E-state index in [0.29, 0.717) is 25.1 Å². The van der Waals surface area contributed by atoms with Crippen molar-refractivity contribution in [2.45, 2.75) is 45.7 Å². The number of imide groups is 1. The maximum Gasteiger partial charge on any atom is 0.332 e. The fraction of sp³-hybridized carbons (Fsp3) is 0.550. The Bertz CT molecular complexity index is 913. The number of carbonyl (C=O) groups excluding carboxylic acids is 3. The first kappa shape index (κ1) is 21.3. The summed E-state index contributed by atoms with van der Waals surface area (Å²) in [6.07, 6.45) is 1.05. The minimum atomic E-state index is -3.15. The normalized spacial score (nSPS) is 23.7. The van der Waals surface area contributed by atoms with E-state index >= 15 is 0 Å². The minimum Gasteiger partial charge on any atom is -0.337 e. The lowest BCUT2D eigenvalue weighted by atomic mass is 10.2. The first-order valence-electron chi connectivity index (χ1n) is 9.85. The van der Waals surface area contributed by atoms with Crippen LogP contribution in [0.15, 0.2) is 24.3 Å². The number of nitrogens with zero attached hydrogens (tertiary/aromatic N) is 3. The highest BCUT2D eigenvalue weighted by Gasteiger charge is 2.45. The summed E-state index contributed by atoms with van der Waals surface area (Å²) in [5.74, 6) is -0.828. The third-order valence-corrected chi connectivity index (χ3v) is 7.24. The topological polar surface area (TPSA) is 95.1 Å². The molecule has 8 nitrogen and oxygen atoms in total. The Hall–Kier alpha value is -2.42. The summed E-state index contributed by atoms with van der Waals surface area (Å²) in [6.45, 7) is 5.49. The first-order valence-corrected chi connectivity index (χ1v) is 11.7. The number of benzene rings is 1. The lowest BCUT2D eigenvalue weighted by Gasteiger charge is -2.29. The first-order chi connectivity index (χ1) is 13.6. The van der Waals surface area contributed by atoms with Gasteiger partial charge in [0, 0.05) is 18.3 Å². The van der Waals surface area contributed by atoms with Crippen LogP contribution in [-0.2, 0) is 19.4 Å². The second-order valence-corrected chi connectivity index (χ2v) is 9.96. The lowest BCUT2D eigenvalue weighted by molar-refractivity contribution is -0.138. The highest BCUT2D eigenvalue weighted by atomic mass is 32.2. The Balaban J connectivity index is 1.77. The summed E-state index contributed by atoms with van der Waals surface area (Å²) >= 11 is 0. The highest BCUT2D eigenvalue weighted by molar-refractivity contribution is 7.91. The van der Waals surface area contributed by atoms with Crippen molar-refractivity contribution in [3.8, 4) is 0 Å². The van der Waals surface area contributed by atoms with Crippen LogP contribution in [0.3, 0.4) is 0 Å². The van der Waals surface area contributed by atoms with E-state index in [9.17, 15) is 22.8 Å². The van der Waals surface area contributed by atoms with Gasteiger partial charge in [-0.25, -0.2) is 13.2 Å². The van der Waals surface area contributed by atoms with E-state index in [1.807, 2.05) is 26.0 Å². The molecule has 1 aromatic carbocycles. The molecular weight excluding hydrogens is 394 g/mol. The molecule has 29 heavy (non-hydrogen) atoms. The van der Waals surface area contributed by atoms with Gasteiger partial charge in [-0.3, -0.25) is 19.4 Å². The monoisotopic (exact) mass is 421 g/mol. The number of anilines is 1. The molecule has 3 rings (SSSR count). The van der Waals surface area contributed by atoms with Gasteiger partial charge in [0.05, 0.1) is 11.5 Å². The fourth-order valence-corrected chi connectivity index (χ4v) is 5.64. The highest BCUT2D eigenvalue weighted by Crippen LogP contribution is 2.26. The zero-order valence-electron chi connectivity index (χ0n) is 17.0. The third kappa shape index (κ3) is 4.29. The van der Waals surface area contributed by atoms with Crippen LogP contribution >= 0.6 is 0 Å². The van der Waals surface area contributed by atoms with Crippen molar-refractivity contribution in [2.24, 2.45) is 0 Å². The maximum absolute atomic E-state index is 12.9. The Morgan fingerprint density at radius 3 is 2.41 bits per heavy atom. The predicted molar refractivity (Wildman–Crippen MR) is 109 cm³/mol. The summed E-state index contributed by atoms with van der Waals surface area (Å²) in [5.41, 5.74) is 1.64. The van der Waals surface area contributed by atoms with E-state index < -0.39 is 39.8 Å². The minimum absolute atomic E-state index is 0.0605. The van der Waals surface area contributed by atoms with E-state index in [0.717, 1.165) is 10.5 Å². The van der Waals surface area contributed by atoms with E-state index in [1.54, 1.807) is 19.1 Å².